The number of nitrogens with zero attached hydrogens (tertiary/aromatic N) is 5. The van der Waals surface area contributed by atoms with Crippen molar-refractivity contribution in [2.45, 2.75) is 11.8 Å². The number of carbonyl (C=O) groups excluding carboxylic acids is 1. The average Bonchev–Trinajstić information content (AvgIpc) is 3.21. The van der Waals surface area contributed by atoms with E-state index < -0.39 is 21.5 Å². The molecule has 0 bridgehead atoms. The van der Waals surface area contributed by atoms with E-state index >= 15 is 0 Å². The van der Waals surface area contributed by atoms with Gasteiger partial charge < -0.3 is 0 Å². The molecule has 0 aliphatic heterocycles. The maximum absolute atomic E-state index is 12.8. The number of amides is 1. The molecule has 0 saturated carbocycles. The van der Waals surface area contributed by atoms with E-state index in [0.29, 0.717) is 5.65 Å². The van der Waals surface area contributed by atoms with Crippen LogP contribution in [0.3, 0.4) is 0 Å². The molecule has 0 atom stereocenters. The monoisotopic (exact) mass is 452 g/mol. The summed E-state index contributed by atoms with van der Waals surface area (Å²) in [6, 6.07) is 13.0. The predicted molar refractivity (Wildman–Crippen MR) is 119 cm³/mol. The number of aryl methyl sites for hydroxylation is 1. The van der Waals surface area contributed by atoms with Gasteiger partial charge in [0.15, 0.2) is 5.65 Å². The van der Waals surface area contributed by atoms with Crippen LogP contribution in [0.4, 0.5) is 0 Å². The first-order chi connectivity index (χ1) is 15.2. The average molecular weight is 452 g/mol. The van der Waals surface area contributed by atoms with E-state index in [1.807, 2.05) is 31.2 Å². The molecule has 0 radical (unpaired) electrons. The SMILES string of the molecule is Cc1ccc(-n2ncc3c(=O)n(NC(=O)c4ccc(S(=O)(=O)N(C)C)cc4)cnc32)cc1. The van der Waals surface area contributed by atoms with Crippen molar-refractivity contribution in [3.8, 4) is 5.69 Å². The van der Waals surface area contributed by atoms with Crippen LogP contribution in [0.15, 0.2) is 70.7 Å². The Bertz CT molecular complexity index is 1470. The molecule has 32 heavy (non-hydrogen) atoms. The molecule has 0 aliphatic carbocycles. The molecule has 10 nitrogen and oxygen atoms in total. The van der Waals surface area contributed by atoms with Gasteiger partial charge in [-0.3, -0.25) is 15.0 Å². The van der Waals surface area contributed by atoms with Gasteiger partial charge in [-0.05, 0) is 43.3 Å². The molecule has 0 fully saturated rings. The van der Waals surface area contributed by atoms with Gasteiger partial charge in [-0.1, -0.05) is 17.7 Å². The molecule has 2 aromatic carbocycles. The summed E-state index contributed by atoms with van der Waals surface area (Å²) in [5.74, 6) is -0.590. The molecule has 164 valence electrons. The Morgan fingerprint density at radius 2 is 1.69 bits per heavy atom. The van der Waals surface area contributed by atoms with Gasteiger partial charge in [-0.2, -0.15) is 5.10 Å². The van der Waals surface area contributed by atoms with Crippen LogP contribution < -0.4 is 11.0 Å². The van der Waals surface area contributed by atoms with Crippen molar-refractivity contribution in [2.75, 3.05) is 19.5 Å². The van der Waals surface area contributed by atoms with Crippen LogP contribution in [0.2, 0.25) is 0 Å². The summed E-state index contributed by atoms with van der Waals surface area (Å²) in [5.41, 5.74) is 4.37. The van der Waals surface area contributed by atoms with Crippen LogP contribution in [0, 0.1) is 6.92 Å². The third-order valence-corrected chi connectivity index (χ3v) is 6.71. The van der Waals surface area contributed by atoms with Crippen molar-refractivity contribution >= 4 is 27.0 Å². The summed E-state index contributed by atoms with van der Waals surface area (Å²) in [5, 5.41) is 4.49. The lowest BCUT2D eigenvalue weighted by molar-refractivity contribution is 0.101. The Balaban J connectivity index is 1.61. The highest BCUT2D eigenvalue weighted by atomic mass is 32.2. The fourth-order valence-corrected chi connectivity index (χ4v) is 3.93. The number of fused-ring (bicyclic) bond motifs is 1. The number of sulfonamides is 1. The first kappa shape index (κ1) is 21.4. The maximum atomic E-state index is 12.8. The summed E-state index contributed by atoms with van der Waals surface area (Å²) in [6.45, 7) is 1.97. The summed E-state index contributed by atoms with van der Waals surface area (Å²) in [7, 11) is -0.759. The lowest BCUT2D eigenvalue weighted by atomic mass is 10.2. The summed E-state index contributed by atoms with van der Waals surface area (Å²) in [4.78, 5) is 29.7. The van der Waals surface area contributed by atoms with Gasteiger partial charge in [-0.25, -0.2) is 27.1 Å². The molecule has 1 N–H and O–H groups in total. The highest BCUT2D eigenvalue weighted by Gasteiger charge is 2.18. The number of aromatic nitrogens is 4. The molecule has 0 spiro atoms. The van der Waals surface area contributed by atoms with Crippen LogP contribution in [-0.2, 0) is 10.0 Å². The van der Waals surface area contributed by atoms with E-state index in [1.54, 1.807) is 4.68 Å². The second-order valence-electron chi connectivity index (χ2n) is 7.30. The molecule has 11 heteroatoms. The minimum atomic E-state index is -3.61. The molecule has 0 unspecified atom stereocenters. The smallest absolute Gasteiger partial charge is 0.267 e. The van der Waals surface area contributed by atoms with Gasteiger partial charge in [0.05, 0.1) is 16.8 Å². The summed E-state index contributed by atoms with van der Waals surface area (Å²) < 4.78 is 27.9. The Morgan fingerprint density at radius 3 is 2.31 bits per heavy atom. The topological polar surface area (TPSA) is 119 Å². The van der Waals surface area contributed by atoms with Crippen molar-refractivity contribution in [1.82, 2.24) is 23.7 Å². The minimum Gasteiger partial charge on any atom is -0.267 e. The molecule has 4 rings (SSSR count). The molecule has 2 heterocycles. The number of benzene rings is 2. The standard InChI is InChI=1S/C21H20N6O4S/c1-14-4-8-16(9-5-14)27-19-18(12-23-27)21(29)26(13-22-19)24-20(28)15-6-10-17(11-7-15)32(30,31)25(2)3/h4-13H,1-3H3,(H,24,28). The van der Waals surface area contributed by atoms with Gasteiger partial charge in [0, 0.05) is 19.7 Å². The quantitative estimate of drug-likeness (QED) is 0.490. The first-order valence-electron chi connectivity index (χ1n) is 9.55. The van der Waals surface area contributed by atoms with Crippen molar-refractivity contribution in [3.05, 3.63) is 82.5 Å². The van der Waals surface area contributed by atoms with E-state index in [9.17, 15) is 18.0 Å². The second-order valence-corrected chi connectivity index (χ2v) is 9.45. The number of hydrogen-bond acceptors (Lipinski definition) is 6. The second kappa shape index (κ2) is 8.02. The van der Waals surface area contributed by atoms with Gasteiger partial charge in [0.2, 0.25) is 10.0 Å². The van der Waals surface area contributed by atoms with E-state index in [2.05, 4.69) is 15.5 Å². The third kappa shape index (κ3) is 3.79. The van der Waals surface area contributed by atoms with Gasteiger partial charge in [0.25, 0.3) is 11.5 Å². The lowest BCUT2D eigenvalue weighted by Gasteiger charge is -2.12. The maximum Gasteiger partial charge on any atom is 0.283 e. The molecular weight excluding hydrogens is 432 g/mol. The molecule has 0 aliphatic rings. The van der Waals surface area contributed by atoms with Gasteiger partial charge in [0.1, 0.15) is 11.7 Å². The summed E-state index contributed by atoms with van der Waals surface area (Å²) >= 11 is 0. The zero-order chi connectivity index (χ0) is 23.0. The fraction of sp³-hybridized carbons (Fsp3) is 0.143. The molecule has 4 aromatic rings. The molecular formula is C21H20N6O4S. The van der Waals surface area contributed by atoms with Crippen LogP contribution >= 0.6 is 0 Å². The zero-order valence-corrected chi connectivity index (χ0v) is 18.4. The van der Waals surface area contributed by atoms with E-state index in [1.165, 1.54) is 50.9 Å². The van der Waals surface area contributed by atoms with Crippen LogP contribution in [0.1, 0.15) is 15.9 Å². The molecule has 1 amide bonds. The normalized spacial score (nSPS) is 11.8. The number of rotatable bonds is 5. The van der Waals surface area contributed by atoms with Gasteiger partial charge in [-0.15, -0.1) is 0 Å². The molecule has 2 aromatic heterocycles. The van der Waals surface area contributed by atoms with E-state index in [-0.39, 0.29) is 15.8 Å². The highest BCUT2D eigenvalue weighted by Crippen LogP contribution is 2.15. The number of nitrogens with one attached hydrogen (secondary N) is 1. The van der Waals surface area contributed by atoms with Crippen molar-refractivity contribution in [3.63, 3.8) is 0 Å². The predicted octanol–water partition coefficient (Wildman–Crippen LogP) is 1.52. The number of carbonyl (C=O) groups is 1. The fourth-order valence-electron chi connectivity index (χ4n) is 3.03. The zero-order valence-electron chi connectivity index (χ0n) is 17.6. The molecule has 0 saturated heterocycles. The van der Waals surface area contributed by atoms with Crippen molar-refractivity contribution < 1.29 is 13.2 Å². The van der Waals surface area contributed by atoms with E-state index in [0.717, 1.165) is 20.2 Å². The lowest BCUT2D eigenvalue weighted by Crippen LogP contribution is -2.33. The minimum absolute atomic E-state index is 0.0582. The van der Waals surface area contributed by atoms with E-state index in [4.69, 9.17) is 0 Å². The Kier molecular flexibility index (Phi) is 5.36. The Labute approximate surface area is 183 Å². The Morgan fingerprint density at radius 1 is 1.03 bits per heavy atom. The number of hydrogen-bond donors (Lipinski definition) is 1. The highest BCUT2D eigenvalue weighted by molar-refractivity contribution is 7.89. The Hall–Kier alpha value is -3.83. The van der Waals surface area contributed by atoms with Crippen molar-refractivity contribution in [2.24, 2.45) is 0 Å². The van der Waals surface area contributed by atoms with Gasteiger partial charge >= 0.3 is 0 Å². The van der Waals surface area contributed by atoms with Crippen molar-refractivity contribution in [1.29, 1.82) is 0 Å². The third-order valence-electron chi connectivity index (χ3n) is 4.88. The van der Waals surface area contributed by atoms with Crippen LogP contribution in [0.5, 0.6) is 0 Å². The summed E-state index contributed by atoms with van der Waals surface area (Å²) in [6.07, 6.45) is 2.61. The largest absolute Gasteiger partial charge is 0.283 e. The van der Waals surface area contributed by atoms with Crippen LogP contribution in [-0.4, -0.2) is 52.2 Å². The first-order valence-corrected chi connectivity index (χ1v) is 11.0. The van der Waals surface area contributed by atoms with Crippen LogP contribution in [0.25, 0.3) is 16.7 Å².